The van der Waals surface area contributed by atoms with E-state index in [4.69, 9.17) is 19.0 Å². The fourth-order valence-corrected chi connectivity index (χ4v) is 2.79. The van der Waals surface area contributed by atoms with Gasteiger partial charge in [0.15, 0.2) is 0 Å². The first-order chi connectivity index (χ1) is 7.64. The first-order valence-electron chi connectivity index (χ1n) is 6.31. The average molecular weight is 263 g/mol. The van der Waals surface area contributed by atoms with Crippen LogP contribution in [0.1, 0.15) is 54.4 Å². The van der Waals surface area contributed by atoms with Crippen LogP contribution in [0.2, 0.25) is 0 Å². The first-order valence-corrected chi connectivity index (χ1v) is 7.73. The molecule has 17 heavy (non-hydrogen) atoms. The Morgan fingerprint density at radius 2 is 1.35 bits per heavy atom. The first kappa shape index (κ1) is 17.1. The third kappa shape index (κ3) is 12.3. The highest BCUT2D eigenvalue weighted by Gasteiger charge is 2.28. The van der Waals surface area contributed by atoms with Crippen LogP contribution in [-0.2, 0) is 13.3 Å². The molecule has 0 saturated heterocycles. The monoisotopic (exact) mass is 263 g/mol. The van der Waals surface area contributed by atoms with E-state index in [1.54, 1.807) is 0 Å². The van der Waals surface area contributed by atoms with Crippen molar-refractivity contribution >= 4 is 9.53 Å². The molecule has 0 aromatic rings. The van der Waals surface area contributed by atoms with Crippen molar-refractivity contribution in [1.29, 1.82) is 0 Å². The highest BCUT2D eigenvalue weighted by Crippen LogP contribution is 2.16. The van der Waals surface area contributed by atoms with Gasteiger partial charge in [-0.2, -0.15) is 0 Å². The molecule has 0 bridgehead atoms. The van der Waals surface area contributed by atoms with Gasteiger partial charge in [-0.3, -0.25) is 0 Å². The van der Waals surface area contributed by atoms with Crippen LogP contribution in [0.25, 0.3) is 0 Å². The van der Waals surface area contributed by atoms with Crippen molar-refractivity contribution in [3.8, 4) is 0 Å². The van der Waals surface area contributed by atoms with Crippen LogP contribution in [0.15, 0.2) is 0 Å². The molecule has 0 atom stereocenters. The minimum Gasteiger partial charge on any atom is -0.376 e. The molecule has 0 aromatic carbocycles. The number of hydrogen-bond donors (Lipinski definition) is 1. The topological polar surface area (TPSA) is 53.7 Å². The van der Waals surface area contributed by atoms with E-state index in [1.807, 2.05) is 41.5 Å². The molecule has 0 radical (unpaired) electrons. The Bertz CT molecular complexity index is 183. The molecule has 0 fully saturated rings. The molecule has 0 amide bonds. The van der Waals surface area contributed by atoms with E-state index in [0.29, 0.717) is 13.2 Å². The van der Waals surface area contributed by atoms with E-state index in [-0.39, 0.29) is 11.2 Å². The van der Waals surface area contributed by atoms with E-state index in [1.165, 1.54) is 0 Å². The van der Waals surface area contributed by atoms with Gasteiger partial charge in [0.2, 0.25) is 0 Å². The van der Waals surface area contributed by atoms with E-state index in [2.05, 4.69) is 0 Å². The van der Waals surface area contributed by atoms with Crippen molar-refractivity contribution in [2.24, 2.45) is 5.73 Å². The Hall–Kier alpha value is 0.0569. The van der Waals surface area contributed by atoms with Crippen molar-refractivity contribution in [2.75, 3.05) is 13.2 Å². The van der Waals surface area contributed by atoms with E-state index in [9.17, 15) is 0 Å². The lowest BCUT2D eigenvalue weighted by molar-refractivity contribution is -0.0194. The zero-order chi connectivity index (χ0) is 13.5. The summed E-state index contributed by atoms with van der Waals surface area (Å²) in [6.45, 7) is 13.5. The minimum atomic E-state index is -2.07. The normalized spacial score (nSPS) is 13.4. The molecule has 0 heterocycles. The summed E-state index contributed by atoms with van der Waals surface area (Å²) in [7, 11) is -2.07. The van der Waals surface area contributed by atoms with Crippen molar-refractivity contribution in [1.82, 2.24) is 0 Å². The molecule has 0 aromatic heterocycles. The minimum absolute atomic E-state index is 0.226. The Labute approximate surface area is 108 Å². The van der Waals surface area contributed by atoms with E-state index >= 15 is 0 Å². The van der Waals surface area contributed by atoms with Gasteiger partial charge in [0.05, 0.1) is 11.2 Å². The van der Waals surface area contributed by atoms with Gasteiger partial charge in [-0.25, -0.2) is 0 Å². The molecule has 0 rings (SSSR count). The summed E-state index contributed by atoms with van der Waals surface area (Å²) in [6.07, 6.45) is 1.94. The molecule has 5 heteroatoms. The van der Waals surface area contributed by atoms with Crippen LogP contribution >= 0.6 is 0 Å². The van der Waals surface area contributed by atoms with Crippen molar-refractivity contribution < 1.29 is 13.3 Å². The van der Waals surface area contributed by atoms with E-state index < -0.39 is 9.53 Å². The summed E-state index contributed by atoms with van der Waals surface area (Å²) < 4.78 is 17.4. The predicted octanol–water partition coefficient (Wildman–Crippen LogP) is 2.09. The van der Waals surface area contributed by atoms with Crippen molar-refractivity contribution in [3.05, 3.63) is 0 Å². The fourth-order valence-electron chi connectivity index (χ4n) is 1.10. The molecule has 0 unspecified atom stereocenters. The lowest BCUT2D eigenvalue weighted by Crippen LogP contribution is -2.41. The Balaban J connectivity index is 4.12. The molecule has 2 N–H and O–H groups in total. The average Bonchev–Trinajstić information content (AvgIpc) is 2.06. The largest absolute Gasteiger partial charge is 0.485 e. The Kier molecular flexibility index (Phi) is 7.51. The quantitative estimate of drug-likeness (QED) is 0.564. The SMILES string of the molecule is CC(C)(C)O[SiH](OCCCCN)OC(C)(C)C. The lowest BCUT2D eigenvalue weighted by atomic mass is 10.2. The Morgan fingerprint density at radius 3 is 1.71 bits per heavy atom. The predicted molar refractivity (Wildman–Crippen MR) is 73.1 cm³/mol. The third-order valence-electron chi connectivity index (χ3n) is 1.75. The van der Waals surface area contributed by atoms with Crippen LogP contribution in [-0.4, -0.2) is 33.9 Å². The second-order valence-corrected chi connectivity index (χ2v) is 7.50. The van der Waals surface area contributed by atoms with Gasteiger partial charge >= 0.3 is 9.53 Å². The van der Waals surface area contributed by atoms with Crippen molar-refractivity contribution in [3.63, 3.8) is 0 Å². The van der Waals surface area contributed by atoms with Gasteiger partial charge in [0, 0.05) is 6.61 Å². The maximum Gasteiger partial charge on any atom is 0.485 e. The molecule has 104 valence electrons. The molecule has 0 aliphatic carbocycles. The second kappa shape index (κ2) is 7.48. The molecular weight excluding hydrogens is 234 g/mol. The van der Waals surface area contributed by atoms with Gasteiger partial charge in [-0.05, 0) is 60.9 Å². The van der Waals surface area contributed by atoms with Crippen molar-refractivity contribution in [2.45, 2.75) is 65.6 Å². The fraction of sp³-hybridized carbons (Fsp3) is 1.00. The summed E-state index contributed by atoms with van der Waals surface area (Å²) in [6, 6.07) is 0. The molecular formula is C12H29NO3Si. The molecule has 0 saturated carbocycles. The van der Waals surface area contributed by atoms with E-state index in [0.717, 1.165) is 12.8 Å². The summed E-state index contributed by atoms with van der Waals surface area (Å²) in [5, 5.41) is 0. The third-order valence-corrected chi connectivity index (χ3v) is 4.06. The van der Waals surface area contributed by atoms with Gasteiger partial charge in [0.1, 0.15) is 0 Å². The highest BCUT2D eigenvalue weighted by molar-refractivity contribution is 6.36. The molecule has 0 aliphatic heterocycles. The maximum absolute atomic E-state index is 5.86. The molecule has 0 aliphatic rings. The lowest BCUT2D eigenvalue weighted by Gasteiger charge is -2.31. The summed E-state index contributed by atoms with van der Waals surface area (Å²) in [5.41, 5.74) is 4.99. The number of rotatable bonds is 7. The number of nitrogens with two attached hydrogens (primary N) is 1. The number of hydrogen-bond acceptors (Lipinski definition) is 4. The van der Waals surface area contributed by atoms with Gasteiger partial charge in [-0.15, -0.1) is 0 Å². The number of unbranched alkanes of at least 4 members (excludes halogenated alkanes) is 1. The maximum atomic E-state index is 5.86. The standard InChI is InChI=1S/C12H29NO3Si/c1-11(2,3)15-17(16-12(4,5)6)14-10-8-7-9-13/h17H,7-10,13H2,1-6H3. The molecule has 4 nitrogen and oxygen atoms in total. The smallest absolute Gasteiger partial charge is 0.376 e. The van der Waals surface area contributed by atoms with Gasteiger partial charge in [-0.1, -0.05) is 0 Å². The second-order valence-electron chi connectivity index (χ2n) is 6.12. The van der Waals surface area contributed by atoms with Crippen LogP contribution in [0.3, 0.4) is 0 Å². The summed E-state index contributed by atoms with van der Waals surface area (Å²) in [5.74, 6) is 0. The summed E-state index contributed by atoms with van der Waals surface area (Å²) in [4.78, 5) is 0. The van der Waals surface area contributed by atoms with Crippen LogP contribution in [0, 0.1) is 0 Å². The Morgan fingerprint density at radius 1 is 0.882 bits per heavy atom. The van der Waals surface area contributed by atoms with Crippen LogP contribution in [0.4, 0.5) is 0 Å². The van der Waals surface area contributed by atoms with Crippen LogP contribution in [0.5, 0.6) is 0 Å². The van der Waals surface area contributed by atoms with Gasteiger partial charge < -0.3 is 19.0 Å². The molecule has 0 spiro atoms. The van der Waals surface area contributed by atoms with Gasteiger partial charge in [0.25, 0.3) is 0 Å². The highest BCUT2D eigenvalue weighted by atomic mass is 28.3. The zero-order valence-corrected chi connectivity index (χ0v) is 13.4. The van der Waals surface area contributed by atoms with Crippen LogP contribution < -0.4 is 5.73 Å². The zero-order valence-electron chi connectivity index (χ0n) is 12.2. The summed E-state index contributed by atoms with van der Waals surface area (Å²) >= 11 is 0.